The van der Waals surface area contributed by atoms with E-state index in [-0.39, 0.29) is 51.5 Å². The van der Waals surface area contributed by atoms with Crippen molar-refractivity contribution in [3.05, 3.63) is 83.6 Å². The first-order valence-corrected chi connectivity index (χ1v) is 12.7. The van der Waals surface area contributed by atoms with E-state index in [1.807, 2.05) is 6.08 Å². The van der Waals surface area contributed by atoms with Gasteiger partial charge in [0.05, 0.1) is 36.8 Å². The Hall–Kier alpha value is -2.63. The molecule has 0 aliphatic carbocycles. The van der Waals surface area contributed by atoms with Crippen LogP contribution in [0.25, 0.3) is 10.9 Å². The molecule has 216 valence electrons. The van der Waals surface area contributed by atoms with E-state index in [0.29, 0.717) is 41.7 Å². The Morgan fingerprint density at radius 3 is 2.35 bits per heavy atom. The van der Waals surface area contributed by atoms with Gasteiger partial charge in [-0.05, 0) is 53.9 Å². The Morgan fingerprint density at radius 1 is 1.07 bits per heavy atom. The molecule has 1 N–H and O–H groups in total. The smallest absolute Gasteiger partial charge is 0.416 e. The fourth-order valence-electron chi connectivity index (χ4n) is 6.59. The third-order valence-electron chi connectivity index (χ3n) is 8.49. The molecule has 0 spiro atoms. The molecule has 3 saturated heterocycles. The van der Waals surface area contributed by atoms with Crippen molar-refractivity contribution in [1.82, 2.24) is 4.98 Å². The number of quaternary nitrogens is 1. The number of ether oxygens (including phenoxy) is 1. The second kappa shape index (κ2) is 11.0. The minimum atomic E-state index is -4.93. The van der Waals surface area contributed by atoms with Gasteiger partial charge in [-0.2, -0.15) is 26.3 Å². The Kier molecular flexibility index (Phi) is 8.33. The van der Waals surface area contributed by atoms with Gasteiger partial charge in [-0.3, -0.25) is 4.98 Å². The molecule has 3 fully saturated rings. The maximum Gasteiger partial charge on any atom is 0.416 e. The van der Waals surface area contributed by atoms with E-state index in [1.165, 1.54) is 7.11 Å². The largest absolute Gasteiger partial charge is 1.00 e. The van der Waals surface area contributed by atoms with Crippen LogP contribution in [-0.2, 0) is 18.9 Å². The molecule has 3 aromatic rings. The van der Waals surface area contributed by atoms with Gasteiger partial charge in [0.25, 0.3) is 0 Å². The zero-order chi connectivity index (χ0) is 28.2. The minimum absolute atomic E-state index is 0. The van der Waals surface area contributed by atoms with Crippen LogP contribution in [0.3, 0.4) is 0 Å². The summed E-state index contributed by atoms with van der Waals surface area (Å²) in [4.78, 5) is 4.37. The molecule has 3 aliphatic heterocycles. The summed E-state index contributed by atoms with van der Waals surface area (Å²) in [6.07, 6.45) is -6.16. The second-order valence-corrected chi connectivity index (χ2v) is 10.7. The van der Waals surface area contributed by atoms with E-state index in [1.54, 1.807) is 30.5 Å². The van der Waals surface area contributed by atoms with Gasteiger partial charge in [0.15, 0.2) is 0 Å². The van der Waals surface area contributed by atoms with Crippen molar-refractivity contribution in [1.29, 1.82) is 0 Å². The van der Waals surface area contributed by atoms with Crippen molar-refractivity contribution >= 4 is 10.9 Å². The van der Waals surface area contributed by atoms with E-state index in [2.05, 4.69) is 11.6 Å². The second-order valence-electron chi connectivity index (χ2n) is 10.7. The zero-order valence-corrected chi connectivity index (χ0v) is 23.2. The Morgan fingerprint density at radius 2 is 1.75 bits per heavy atom. The molecule has 1 aromatic heterocycles. The zero-order valence-electron chi connectivity index (χ0n) is 21.6. The van der Waals surface area contributed by atoms with Gasteiger partial charge in [0.1, 0.15) is 24.4 Å². The Bertz CT molecular complexity index is 1360. The fourth-order valence-corrected chi connectivity index (χ4v) is 6.59. The van der Waals surface area contributed by atoms with Crippen molar-refractivity contribution < 1.29 is 57.7 Å². The van der Waals surface area contributed by atoms with Crippen molar-refractivity contribution in [3.8, 4) is 5.75 Å². The lowest BCUT2D eigenvalue weighted by molar-refractivity contribution is -0.984. The summed E-state index contributed by atoms with van der Waals surface area (Å²) in [7, 11) is 1.53. The van der Waals surface area contributed by atoms with Crippen LogP contribution < -0.4 is 21.7 Å². The number of piperidine rings is 3. The number of hydrogen-bond acceptors (Lipinski definition) is 3. The van der Waals surface area contributed by atoms with Gasteiger partial charge in [-0.25, -0.2) is 0 Å². The van der Waals surface area contributed by atoms with Crippen molar-refractivity contribution in [3.63, 3.8) is 0 Å². The number of aromatic nitrogens is 1. The van der Waals surface area contributed by atoms with Crippen LogP contribution in [0.15, 0.2) is 61.3 Å². The molecule has 3 unspecified atom stereocenters. The number of hydrogen-bond donors (Lipinski definition) is 1. The summed E-state index contributed by atoms with van der Waals surface area (Å²) in [6.45, 7) is 4.86. The molecule has 11 heteroatoms. The maximum absolute atomic E-state index is 13.6. The summed E-state index contributed by atoms with van der Waals surface area (Å²) in [5, 5.41) is 12.5. The topological polar surface area (TPSA) is 42.4 Å². The molecule has 3 aliphatic rings. The van der Waals surface area contributed by atoms with Gasteiger partial charge < -0.3 is 31.3 Å². The number of pyridine rings is 1. The molecule has 0 radical (unpaired) electrons. The van der Waals surface area contributed by atoms with Gasteiger partial charge in [0, 0.05) is 35.9 Å². The summed E-state index contributed by atoms with van der Waals surface area (Å²) in [5.41, 5.74) is -1.47. The monoisotopic (exact) mass is 630 g/mol. The molecule has 5 atom stereocenters. The lowest BCUT2D eigenvalue weighted by atomic mass is 9.71. The molecular weight excluding hydrogens is 602 g/mol. The summed E-state index contributed by atoms with van der Waals surface area (Å²) >= 11 is 0. The number of alkyl halides is 6. The third-order valence-corrected chi connectivity index (χ3v) is 8.49. The van der Waals surface area contributed by atoms with Crippen molar-refractivity contribution in [2.75, 3.05) is 20.2 Å². The molecule has 40 heavy (non-hydrogen) atoms. The molecular formula is C29H29BrF6N2O2. The first-order valence-electron chi connectivity index (χ1n) is 12.7. The quantitative estimate of drug-likeness (QED) is 0.255. The summed E-state index contributed by atoms with van der Waals surface area (Å²) in [6, 6.07) is 8.34. The average molecular weight is 631 g/mol. The van der Waals surface area contributed by atoms with E-state index < -0.39 is 35.6 Å². The number of aliphatic hydroxyl groups excluding tert-OH is 1. The van der Waals surface area contributed by atoms with Gasteiger partial charge in [0.2, 0.25) is 0 Å². The van der Waals surface area contributed by atoms with Crippen molar-refractivity contribution in [2.24, 2.45) is 11.8 Å². The standard InChI is InChI=1S/C29H29F6N2O2.BrH/c1-3-18-16-37(15-17-10-20(28(30,31)32)13-21(11-17)29(33,34)35)9-7-19(18)12-26(37)27(38)23-6-8-36-25-5-4-22(39-2)14-24(23)25;/h3-6,8,10-11,13-14,18-19,26-27,38H,1,7,9,12,15-16H2,2H3;1H/q+1;/p-1/t18?,19?,26-,27+,37?;/m0./s1. The number of aliphatic hydroxyl groups is 1. The molecule has 2 aromatic carbocycles. The van der Waals surface area contributed by atoms with Gasteiger partial charge in [-0.15, -0.1) is 6.58 Å². The van der Waals surface area contributed by atoms with E-state index in [9.17, 15) is 31.4 Å². The lowest BCUT2D eigenvalue weighted by Crippen LogP contribution is -3.00. The molecule has 0 amide bonds. The highest BCUT2D eigenvalue weighted by Gasteiger charge is 2.54. The molecule has 4 nitrogen and oxygen atoms in total. The van der Waals surface area contributed by atoms with E-state index in [4.69, 9.17) is 4.74 Å². The lowest BCUT2D eigenvalue weighted by Gasteiger charge is -2.58. The number of methoxy groups -OCH3 is 1. The number of halogens is 7. The number of nitrogens with zero attached hydrogens (tertiary/aromatic N) is 2. The molecule has 6 rings (SSSR count). The third kappa shape index (κ3) is 5.60. The number of fused-ring (bicyclic) bond motifs is 4. The fraction of sp³-hybridized carbons (Fsp3) is 0.414. The minimum Gasteiger partial charge on any atom is -1.00 e. The first-order chi connectivity index (χ1) is 18.3. The summed E-state index contributed by atoms with van der Waals surface area (Å²) in [5.74, 6) is 0.843. The summed E-state index contributed by atoms with van der Waals surface area (Å²) < 4.78 is 87.2. The highest BCUT2D eigenvalue weighted by atomic mass is 79.9. The van der Waals surface area contributed by atoms with Gasteiger partial charge in [-0.1, -0.05) is 6.08 Å². The van der Waals surface area contributed by atoms with Crippen LogP contribution in [-0.4, -0.2) is 40.8 Å². The highest BCUT2D eigenvalue weighted by molar-refractivity contribution is 5.83. The van der Waals surface area contributed by atoms with Crippen LogP contribution in [0.2, 0.25) is 0 Å². The van der Waals surface area contributed by atoms with E-state index >= 15 is 0 Å². The van der Waals surface area contributed by atoms with Crippen LogP contribution in [0.4, 0.5) is 26.3 Å². The predicted molar refractivity (Wildman–Crippen MR) is 134 cm³/mol. The maximum atomic E-state index is 13.6. The van der Waals surface area contributed by atoms with E-state index in [0.717, 1.165) is 18.6 Å². The highest BCUT2D eigenvalue weighted by Crippen LogP contribution is 2.48. The van der Waals surface area contributed by atoms with Crippen molar-refractivity contribution in [2.45, 2.75) is 43.9 Å². The predicted octanol–water partition coefficient (Wildman–Crippen LogP) is 3.93. The van der Waals surface area contributed by atoms with Gasteiger partial charge >= 0.3 is 12.4 Å². The first kappa shape index (κ1) is 30.3. The molecule has 4 heterocycles. The SMILES string of the molecule is C=CC1C[N+]2(Cc3cc(C(F)(F)F)cc(C(F)(F)F)c3)CCC1C[C@H]2[C@H](O)c1ccnc2ccc(OC)cc12.[Br-]. The Labute approximate surface area is 238 Å². The number of rotatable bonds is 6. The molecule has 2 bridgehead atoms. The van der Waals surface area contributed by atoms with Crippen LogP contribution in [0, 0.1) is 11.8 Å². The Balaban J connectivity index is 0.00000370. The van der Waals surface area contributed by atoms with Crippen LogP contribution >= 0.6 is 0 Å². The average Bonchev–Trinajstić information content (AvgIpc) is 2.90. The molecule has 0 saturated carbocycles. The van der Waals surface area contributed by atoms with Crippen LogP contribution in [0.5, 0.6) is 5.75 Å². The normalized spacial score (nSPS) is 25.4. The van der Waals surface area contributed by atoms with Crippen LogP contribution in [0.1, 0.15) is 41.2 Å². The number of benzene rings is 2.